The van der Waals surface area contributed by atoms with Gasteiger partial charge in [-0.1, -0.05) is 29.9 Å². The second-order valence-electron chi connectivity index (χ2n) is 5.25. The normalized spacial score (nSPS) is 12.5. The molecule has 1 aromatic carbocycles. The summed E-state index contributed by atoms with van der Waals surface area (Å²) in [4.78, 5) is 0. The lowest BCUT2D eigenvalue weighted by Gasteiger charge is -2.09. The van der Waals surface area contributed by atoms with Crippen molar-refractivity contribution in [2.45, 2.75) is 13.8 Å². The molecule has 0 saturated heterocycles. The number of amidine groups is 1. The van der Waals surface area contributed by atoms with Gasteiger partial charge in [-0.05, 0) is 43.2 Å². The van der Waals surface area contributed by atoms with Crippen LogP contribution in [-0.4, -0.2) is 20.7 Å². The quantitative estimate of drug-likeness (QED) is 0.349. The predicted molar refractivity (Wildman–Crippen MR) is 94.4 cm³/mol. The van der Waals surface area contributed by atoms with Crippen molar-refractivity contribution in [3.05, 3.63) is 53.9 Å². The van der Waals surface area contributed by atoms with E-state index in [1.807, 2.05) is 43.7 Å². The summed E-state index contributed by atoms with van der Waals surface area (Å²) >= 11 is 0. The summed E-state index contributed by atoms with van der Waals surface area (Å²) in [6.07, 6.45) is 3.71. The van der Waals surface area contributed by atoms with Crippen LogP contribution in [0.1, 0.15) is 30.8 Å². The number of phenolic OH excluding ortho intramolecular Hbond substituents is 1. The fraction of sp³-hybridized carbons (Fsp3) is 0.167. The fourth-order valence-corrected chi connectivity index (χ4v) is 2.74. The Hall–Kier alpha value is -2.95. The van der Waals surface area contributed by atoms with Crippen molar-refractivity contribution in [3.63, 3.8) is 0 Å². The molecule has 0 aliphatic carbocycles. The first-order valence-electron chi connectivity index (χ1n) is 7.21. The Morgan fingerprint density at radius 1 is 1.30 bits per heavy atom. The van der Waals surface area contributed by atoms with Gasteiger partial charge in [-0.25, -0.2) is 0 Å². The van der Waals surface area contributed by atoms with E-state index in [9.17, 15) is 5.11 Å². The van der Waals surface area contributed by atoms with Gasteiger partial charge in [0.2, 0.25) is 0 Å². The molecule has 0 fully saturated rings. The van der Waals surface area contributed by atoms with E-state index in [4.69, 9.17) is 10.9 Å². The number of hydrogen-bond donors (Lipinski definition) is 3. The minimum Gasteiger partial charge on any atom is -0.508 e. The van der Waals surface area contributed by atoms with Gasteiger partial charge in [0.15, 0.2) is 5.84 Å². The third-order valence-corrected chi connectivity index (χ3v) is 3.97. The molecular weight excluding hydrogens is 290 g/mol. The first kappa shape index (κ1) is 16.4. The molecule has 0 bridgehead atoms. The molecule has 0 unspecified atom stereocenters. The van der Waals surface area contributed by atoms with E-state index >= 15 is 0 Å². The lowest BCUT2D eigenvalue weighted by molar-refractivity contribution is 0.318. The minimum absolute atomic E-state index is 0.0387. The van der Waals surface area contributed by atoms with Crippen molar-refractivity contribution in [1.29, 1.82) is 0 Å². The van der Waals surface area contributed by atoms with Crippen molar-refractivity contribution in [1.82, 2.24) is 4.57 Å². The lowest BCUT2D eigenvalue weighted by atomic mass is 9.95. The van der Waals surface area contributed by atoms with Gasteiger partial charge in [0.1, 0.15) is 5.75 Å². The van der Waals surface area contributed by atoms with Crippen molar-refractivity contribution in [2.24, 2.45) is 17.9 Å². The van der Waals surface area contributed by atoms with Crippen LogP contribution in [0.3, 0.4) is 0 Å². The lowest BCUT2D eigenvalue weighted by Crippen LogP contribution is -2.19. The van der Waals surface area contributed by atoms with E-state index in [0.29, 0.717) is 5.69 Å². The van der Waals surface area contributed by atoms with Crippen LogP contribution in [0.25, 0.3) is 22.8 Å². The molecule has 0 radical (unpaired) electrons. The molecule has 0 amide bonds. The summed E-state index contributed by atoms with van der Waals surface area (Å²) < 4.78 is 1.85. The van der Waals surface area contributed by atoms with Crippen LogP contribution < -0.4 is 5.73 Å². The molecule has 0 atom stereocenters. The first-order chi connectivity index (χ1) is 11.0. The second-order valence-corrected chi connectivity index (χ2v) is 5.25. The summed E-state index contributed by atoms with van der Waals surface area (Å²) in [7, 11) is 1.85. The Balaban J connectivity index is 2.94. The average Bonchev–Trinajstić information content (AvgIpc) is 2.86. The minimum atomic E-state index is 0.0387. The molecule has 2 rings (SSSR count). The molecule has 1 heterocycles. The molecule has 0 saturated carbocycles. The number of aromatic nitrogens is 1. The highest BCUT2D eigenvalue weighted by molar-refractivity contribution is 6.05. The van der Waals surface area contributed by atoms with Gasteiger partial charge < -0.3 is 20.6 Å². The van der Waals surface area contributed by atoms with Gasteiger partial charge >= 0.3 is 0 Å². The molecule has 2 aromatic rings. The highest BCUT2D eigenvalue weighted by Crippen LogP contribution is 2.38. The van der Waals surface area contributed by atoms with Gasteiger partial charge in [0.25, 0.3) is 0 Å². The molecular formula is C18H21N3O2. The number of oxime groups is 1. The van der Waals surface area contributed by atoms with Crippen LogP contribution in [-0.2, 0) is 7.05 Å². The average molecular weight is 311 g/mol. The number of rotatable bonds is 4. The van der Waals surface area contributed by atoms with Gasteiger partial charge in [-0.3, -0.25) is 0 Å². The molecule has 4 N–H and O–H groups in total. The summed E-state index contributed by atoms with van der Waals surface area (Å²) in [6, 6.07) is 6.93. The first-order valence-corrected chi connectivity index (χ1v) is 7.21. The van der Waals surface area contributed by atoms with Crippen molar-refractivity contribution in [3.8, 4) is 16.9 Å². The van der Waals surface area contributed by atoms with E-state index in [2.05, 4.69) is 11.7 Å². The van der Waals surface area contributed by atoms with E-state index < -0.39 is 0 Å². The van der Waals surface area contributed by atoms with Crippen LogP contribution >= 0.6 is 0 Å². The number of benzene rings is 1. The number of phenols is 1. The van der Waals surface area contributed by atoms with Crippen molar-refractivity contribution < 1.29 is 10.3 Å². The Morgan fingerprint density at radius 2 is 1.91 bits per heavy atom. The second kappa shape index (κ2) is 6.44. The van der Waals surface area contributed by atoms with E-state index in [1.54, 1.807) is 18.2 Å². The number of allylic oxidation sites excluding steroid dienone is 2. The Morgan fingerprint density at radius 3 is 2.39 bits per heavy atom. The summed E-state index contributed by atoms with van der Waals surface area (Å²) in [5, 5.41) is 21.8. The van der Waals surface area contributed by atoms with E-state index in [-0.39, 0.29) is 11.6 Å². The number of nitrogens with zero attached hydrogens (tertiary/aromatic N) is 2. The maximum Gasteiger partial charge on any atom is 0.187 e. The number of nitrogens with two attached hydrogens (primary N) is 1. The van der Waals surface area contributed by atoms with Gasteiger partial charge in [0, 0.05) is 23.9 Å². The Kier molecular flexibility index (Phi) is 4.60. The zero-order valence-corrected chi connectivity index (χ0v) is 13.5. The van der Waals surface area contributed by atoms with Crippen LogP contribution in [0.15, 0.2) is 42.1 Å². The molecule has 5 nitrogen and oxygen atoms in total. The van der Waals surface area contributed by atoms with E-state index in [1.165, 1.54) is 0 Å². The highest BCUT2D eigenvalue weighted by atomic mass is 16.4. The SMILES string of the molecule is C=Cc1c(-c2ccc(O)cc2)c(/C(C)=C\C)c(C(N)=NO)n1C. The van der Waals surface area contributed by atoms with Gasteiger partial charge in [0.05, 0.1) is 5.69 Å². The largest absolute Gasteiger partial charge is 0.508 e. The molecule has 120 valence electrons. The van der Waals surface area contributed by atoms with Gasteiger partial charge in [-0.15, -0.1) is 0 Å². The van der Waals surface area contributed by atoms with Crippen molar-refractivity contribution >= 4 is 17.5 Å². The molecule has 23 heavy (non-hydrogen) atoms. The number of aromatic hydroxyl groups is 1. The molecule has 0 aliphatic rings. The van der Waals surface area contributed by atoms with E-state index in [0.717, 1.165) is 28.0 Å². The molecule has 5 heteroatoms. The predicted octanol–water partition coefficient (Wildman–Crippen LogP) is 3.56. The molecule has 0 spiro atoms. The standard InChI is InChI=1S/C18H21N3O2/c1-5-11(3)15-16(12-7-9-13(22)10-8-12)14(6-2)21(4)17(15)18(19)20-23/h5-10,22-23H,2H2,1,3-4H3,(H2,19,20)/b11-5-. The summed E-state index contributed by atoms with van der Waals surface area (Å²) in [6.45, 7) is 7.80. The fourth-order valence-electron chi connectivity index (χ4n) is 2.74. The topological polar surface area (TPSA) is 83.8 Å². The molecule has 0 aliphatic heterocycles. The van der Waals surface area contributed by atoms with Crippen LogP contribution in [0.2, 0.25) is 0 Å². The Bertz CT molecular complexity index is 797. The molecule has 1 aromatic heterocycles. The zero-order valence-electron chi connectivity index (χ0n) is 13.5. The summed E-state index contributed by atoms with van der Waals surface area (Å²) in [5.74, 6) is 0.239. The van der Waals surface area contributed by atoms with Crippen molar-refractivity contribution in [2.75, 3.05) is 0 Å². The van der Waals surface area contributed by atoms with Crippen LogP contribution in [0.5, 0.6) is 5.75 Å². The highest BCUT2D eigenvalue weighted by Gasteiger charge is 2.23. The monoisotopic (exact) mass is 311 g/mol. The summed E-state index contributed by atoms with van der Waals surface area (Å²) in [5.41, 5.74) is 11.1. The Labute approximate surface area is 135 Å². The zero-order chi connectivity index (χ0) is 17.1. The number of hydrogen-bond acceptors (Lipinski definition) is 3. The third-order valence-electron chi connectivity index (χ3n) is 3.97. The third kappa shape index (κ3) is 2.73. The van der Waals surface area contributed by atoms with Crippen LogP contribution in [0, 0.1) is 0 Å². The maximum atomic E-state index is 9.53. The van der Waals surface area contributed by atoms with Gasteiger partial charge in [-0.2, -0.15) is 0 Å². The maximum absolute atomic E-state index is 9.53. The smallest absolute Gasteiger partial charge is 0.187 e. The van der Waals surface area contributed by atoms with Crippen LogP contribution in [0.4, 0.5) is 0 Å².